The first-order valence-electron chi connectivity index (χ1n) is 9.55. The number of carbonyl (C=O) groups excluding carboxylic acids is 1. The standard InChI is InChI=1S/C22H25NO4S/c1-15-10-17(13-18(11-15)22(25)26)21(24)23-19-7-5-6-16(12-19)14-28(27)20-8-3-2-4-9-20/h5-7,10-13,20H,2-4,8-9,14H2,1H3,(H,23,24)(H,25,26). The zero-order valence-corrected chi connectivity index (χ0v) is 16.8. The molecule has 2 N–H and O–H groups in total. The van der Waals surface area contributed by atoms with Crippen molar-refractivity contribution in [3.05, 3.63) is 64.7 Å². The van der Waals surface area contributed by atoms with Gasteiger partial charge in [-0.1, -0.05) is 31.4 Å². The molecule has 0 saturated heterocycles. The number of aromatic carboxylic acids is 1. The minimum atomic E-state index is -1.06. The number of rotatable bonds is 6. The zero-order chi connectivity index (χ0) is 20.1. The van der Waals surface area contributed by atoms with Gasteiger partial charge in [0.05, 0.1) is 5.56 Å². The molecule has 28 heavy (non-hydrogen) atoms. The van der Waals surface area contributed by atoms with Gasteiger partial charge in [0.1, 0.15) is 0 Å². The van der Waals surface area contributed by atoms with Gasteiger partial charge in [-0.3, -0.25) is 9.00 Å². The number of carboxylic acids is 1. The Kier molecular flexibility index (Phi) is 6.62. The fraction of sp³-hybridized carbons (Fsp3) is 0.364. The summed E-state index contributed by atoms with van der Waals surface area (Å²) in [5.41, 5.74) is 2.63. The molecule has 0 bridgehead atoms. The van der Waals surface area contributed by atoms with E-state index in [2.05, 4.69) is 5.32 Å². The molecule has 1 aliphatic carbocycles. The lowest BCUT2D eigenvalue weighted by Crippen LogP contribution is -2.20. The summed E-state index contributed by atoms with van der Waals surface area (Å²) in [4.78, 5) is 23.8. The maximum Gasteiger partial charge on any atom is 0.335 e. The van der Waals surface area contributed by atoms with Gasteiger partial charge in [0.25, 0.3) is 5.91 Å². The summed E-state index contributed by atoms with van der Waals surface area (Å²) in [5.74, 6) is -0.941. The van der Waals surface area contributed by atoms with Gasteiger partial charge in [0, 0.05) is 33.1 Å². The van der Waals surface area contributed by atoms with Crippen LogP contribution in [-0.4, -0.2) is 26.4 Å². The number of amides is 1. The molecule has 0 heterocycles. The molecule has 0 spiro atoms. The van der Waals surface area contributed by atoms with Gasteiger partial charge in [-0.15, -0.1) is 0 Å². The summed E-state index contributed by atoms with van der Waals surface area (Å²) in [6.07, 6.45) is 5.60. The van der Waals surface area contributed by atoms with Crippen molar-refractivity contribution in [2.75, 3.05) is 5.32 Å². The van der Waals surface area contributed by atoms with E-state index in [4.69, 9.17) is 0 Å². The van der Waals surface area contributed by atoms with Crippen LogP contribution in [0.5, 0.6) is 0 Å². The second-order valence-electron chi connectivity index (χ2n) is 7.33. The van der Waals surface area contributed by atoms with E-state index in [-0.39, 0.29) is 16.7 Å². The lowest BCUT2D eigenvalue weighted by Gasteiger charge is -2.21. The van der Waals surface area contributed by atoms with Crippen molar-refractivity contribution >= 4 is 28.4 Å². The first-order valence-corrected chi connectivity index (χ1v) is 10.9. The molecule has 5 nitrogen and oxygen atoms in total. The van der Waals surface area contributed by atoms with Crippen molar-refractivity contribution < 1.29 is 18.9 Å². The number of hydrogen-bond donors (Lipinski definition) is 2. The van der Waals surface area contributed by atoms with Crippen LogP contribution >= 0.6 is 0 Å². The molecule has 0 radical (unpaired) electrons. The second kappa shape index (κ2) is 9.15. The molecular formula is C22H25NO4S. The SMILES string of the molecule is Cc1cc(C(=O)O)cc(C(=O)Nc2cccc(CS(=O)C3CCCCC3)c2)c1. The summed E-state index contributed by atoms with van der Waals surface area (Å²) in [5, 5.41) is 12.3. The molecule has 148 valence electrons. The maximum absolute atomic E-state index is 12.6. The summed E-state index contributed by atoms with van der Waals surface area (Å²) >= 11 is 0. The largest absolute Gasteiger partial charge is 0.478 e. The average Bonchev–Trinajstić information content (AvgIpc) is 2.68. The lowest BCUT2D eigenvalue weighted by molar-refractivity contribution is 0.0696. The molecule has 6 heteroatoms. The van der Waals surface area contributed by atoms with Crippen LogP contribution in [0.4, 0.5) is 5.69 Å². The van der Waals surface area contributed by atoms with Crippen LogP contribution in [0.15, 0.2) is 42.5 Å². The topological polar surface area (TPSA) is 83.5 Å². The highest BCUT2D eigenvalue weighted by Gasteiger charge is 2.20. The summed E-state index contributed by atoms with van der Waals surface area (Å²) in [7, 11) is -0.904. The molecule has 3 rings (SSSR count). The zero-order valence-electron chi connectivity index (χ0n) is 15.9. The molecular weight excluding hydrogens is 374 g/mol. The Labute approximate surface area is 167 Å². The Bertz CT molecular complexity index is 903. The summed E-state index contributed by atoms with van der Waals surface area (Å²) in [6, 6.07) is 11.9. The number of aryl methyl sites for hydroxylation is 1. The minimum Gasteiger partial charge on any atom is -0.478 e. The van der Waals surface area contributed by atoms with Gasteiger partial charge >= 0.3 is 5.97 Å². The van der Waals surface area contributed by atoms with E-state index >= 15 is 0 Å². The van der Waals surface area contributed by atoms with Crippen molar-refractivity contribution in [2.45, 2.75) is 50.0 Å². The van der Waals surface area contributed by atoms with Crippen LogP contribution in [0.3, 0.4) is 0 Å². The Morgan fingerprint density at radius 1 is 1.07 bits per heavy atom. The summed E-state index contributed by atoms with van der Waals surface area (Å²) in [6.45, 7) is 1.75. The van der Waals surface area contributed by atoms with Crippen LogP contribution in [0.25, 0.3) is 0 Å². The number of hydrogen-bond acceptors (Lipinski definition) is 3. The highest BCUT2D eigenvalue weighted by Crippen LogP contribution is 2.24. The number of carbonyl (C=O) groups is 2. The third kappa shape index (κ3) is 5.29. The van der Waals surface area contributed by atoms with Crippen LogP contribution < -0.4 is 5.32 Å². The molecule has 1 saturated carbocycles. The monoisotopic (exact) mass is 399 g/mol. The van der Waals surface area contributed by atoms with Crippen LogP contribution in [0, 0.1) is 6.92 Å². The van der Waals surface area contributed by atoms with Gasteiger partial charge in [-0.05, 0) is 61.2 Å². The van der Waals surface area contributed by atoms with Crippen LogP contribution in [0.2, 0.25) is 0 Å². The predicted molar refractivity (Wildman–Crippen MR) is 111 cm³/mol. The Morgan fingerprint density at radius 3 is 2.50 bits per heavy atom. The molecule has 1 aliphatic rings. The van der Waals surface area contributed by atoms with Gasteiger partial charge in [0.15, 0.2) is 0 Å². The second-order valence-corrected chi connectivity index (χ2v) is 9.05. The normalized spacial score (nSPS) is 15.8. The third-order valence-electron chi connectivity index (χ3n) is 5.00. The molecule has 2 aromatic rings. The minimum absolute atomic E-state index is 0.0850. The maximum atomic E-state index is 12.6. The van der Waals surface area contributed by atoms with Gasteiger partial charge in [-0.25, -0.2) is 4.79 Å². The Morgan fingerprint density at radius 2 is 1.79 bits per heavy atom. The molecule has 0 aliphatic heterocycles. The van der Waals surface area contributed by atoms with Crippen molar-refractivity contribution in [1.29, 1.82) is 0 Å². The third-order valence-corrected chi connectivity index (χ3v) is 6.84. The highest BCUT2D eigenvalue weighted by atomic mass is 32.2. The van der Waals surface area contributed by atoms with E-state index in [1.165, 1.54) is 18.6 Å². The first-order chi connectivity index (χ1) is 13.4. The van der Waals surface area contributed by atoms with E-state index in [9.17, 15) is 18.9 Å². The number of anilines is 1. The summed E-state index contributed by atoms with van der Waals surface area (Å²) < 4.78 is 12.6. The van der Waals surface area contributed by atoms with Crippen LogP contribution in [-0.2, 0) is 16.6 Å². The number of nitrogens with one attached hydrogen (secondary N) is 1. The molecule has 1 unspecified atom stereocenters. The van der Waals surface area contributed by atoms with E-state index in [1.807, 2.05) is 18.2 Å². The van der Waals surface area contributed by atoms with Crippen LogP contribution in [0.1, 0.15) is 63.9 Å². The Balaban J connectivity index is 1.69. The van der Waals surface area contributed by atoms with E-state index in [1.54, 1.807) is 19.1 Å². The van der Waals surface area contributed by atoms with Crippen molar-refractivity contribution in [3.8, 4) is 0 Å². The van der Waals surface area contributed by atoms with Crippen molar-refractivity contribution in [1.82, 2.24) is 0 Å². The molecule has 2 aromatic carbocycles. The number of benzene rings is 2. The average molecular weight is 400 g/mol. The van der Waals surface area contributed by atoms with E-state index in [0.717, 1.165) is 31.2 Å². The molecule has 0 aromatic heterocycles. The predicted octanol–water partition coefficient (Wildman–Crippen LogP) is 4.53. The van der Waals surface area contributed by atoms with Crippen molar-refractivity contribution in [2.24, 2.45) is 0 Å². The number of carboxylic acid groups (broad SMARTS) is 1. The molecule has 1 atom stereocenters. The lowest BCUT2D eigenvalue weighted by atomic mass is 10.0. The fourth-order valence-corrected chi connectivity index (χ4v) is 5.19. The van der Waals surface area contributed by atoms with Gasteiger partial charge < -0.3 is 10.4 Å². The van der Waals surface area contributed by atoms with E-state index < -0.39 is 16.8 Å². The fourth-order valence-electron chi connectivity index (χ4n) is 3.59. The van der Waals surface area contributed by atoms with Gasteiger partial charge in [-0.2, -0.15) is 0 Å². The molecule has 1 fully saturated rings. The van der Waals surface area contributed by atoms with Gasteiger partial charge in [0.2, 0.25) is 0 Å². The van der Waals surface area contributed by atoms with E-state index in [0.29, 0.717) is 22.6 Å². The first kappa shape index (κ1) is 20.3. The quantitative estimate of drug-likeness (QED) is 0.748. The smallest absolute Gasteiger partial charge is 0.335 e. The van der Waals surface area contributed by atoms with Crippen molar-refractivity contribution in [3.63, 3.8) is 0 Å². The molecule has 1 amide bonds. The highest BCUT2D eigenvalue weighted by molar-refractivity contribution is 7.84. The Hall–Kier alpha value is -2.47.